The number of ether oxygens (including phenoxy) is 1. The van der Waals surface area contributed by atoms with Crippen molar-refractivity contribution in [2.45, 2.75) is 13.0 Å². The SMILES string of the molecule is Cc1cc(C(=O)N2CCOC[C@H]2c2noc(-c3ccccc3)n2)n[nH]1. The van der Waals surface area contributed by atoms with Crippen molar-refractivity contribution in [3.63, 3.8) is 0 Å². The molecular formula is C17H17N5O3. The molecule has 1 aliphatic heterocycles. The molecule has 1 atom stereocenters. The van der Waals surface area contributed by atoms with E-state index in [1.807, 2.05) is 37.3 Å². The van der Waals surface area contributed by atoms with Gasteiger partial charge in [0.25, 0.3) is 11.8 Å². The van der Waals surface area contributed by atoms with E-state index in [1.165, 1.54) is 0 Å². The molecule has 8 heteroatoms. The van der Waals surface area contributed by atoms with Crippen LogP contribution in [0.3, 0.4) is 0 Å². The molecule has 0 saturated carbocycles. The Kier molecular flexibility index (Phi) is 4.02. The summed E-state index contributed by atoms with van der Waals surface area (Å²) >= 11 is 0. The lowest BCUT2D eigenvalue weighted by molar-refractivity contribution is -0.00607. The summed E-state index contributed by atoms with van der Waals surface area (Å²) in [5, 5.41) is 10.9. The van der Waals surface area contributed by atoms with Crippen molar-refractivity contribution in [1.29, 1.82) is 0 Å². The molecule has 0 aliphatic carbocycles. The number of carbonyl (C=O) groups is 1. The molecule has 8 nitrogen and oxygen atoms in total. The van der Waals surface area contributed by atoms with Crippen LogP contribution in [0.5, 0.6) is 0 Å². The molecule has 0 bridgehead atoms. The second-order valence-corrected chi connectivity index (χ2v) is 5.85. The number of nitrogens with zero attached hydrogens (tertiary/aromatic N) is 4. The fourth-order valence-corrected chi connectivity index (χ4v) is 2.80. The summed E-state index contributed by atoms with van der Waals surface area (Å²) in [7, 11) is 0. The maximum Gasteiger partial charge on any atom is 0.275 e. The lowest BCUT2D eigenvalue weighted by Crippen LogP contribution is -2.44. The molecule has 2 aromatic heterocycles. The highest BCUT2D eigenvalue weighted by atomic mass is 16.5. The zero-order valence-electron chi connectivity index (χ0n) is 13.7. The standard InChI is InChI=1S/C17H17N5O3/c1-11-9-13(20-19-11)17(23)22-7-8-24-10-14(22)15-18-16(25-21-15)12-5-3-2-4-6-12/h2-6,9,14H,7-8,10H2,1H3,(H,19,20)/t14-/m0/s1. The van der Waals surface area contributed by atoms with Gasteiger partial charge in [0.05, 0.1) is 13.2 Å². The molecule has 1 N–H and O–H groups in total. The second-order valence-electron chi connectivity index (χ2n) is 5.85. The van der Waals surface area contributed by atoms with Gasteiger partial charge in [0.2, 0.25) is 0 Å². The van der Waals surface area contributed by atoms with E-state index in [2.05, 4.69) is 20.3 Å². The number of aryl methyl sites for hydroxylation is 1. The van der Waals surface area contributed by atoms with E-state index in [0.29, 0.717) is 37.2 Å². The lowest BCUT2D eigenvalue weighted by atomic mass is 10.2. The number of amides is 1. The first kappa shape index (κ1) is 15.5. The van der Waals surface area contributed by atoms with Gasteiger partial charge in [0.15, 0.2) is 5.82 Å². The van der Waals surface area contributed by atoms with Gasteiger partial charge in [-0.2, -0.15) is 10.1 Å². The highest BCUT2D eigenvalue weighted by Gasteiger charge is 2.33. The van der Waals surface area contributed by atoms with E-state index < -0.39 is 6.04 Å². The first-order chi connectivity index (χ1) is 12.2. The summed E-state index contributed by atoms with van der Waals surface area (Å²) in [6, 6.07) is 10.8. The van der Waals surface area contributed by atoms with Gasteiger partial charge in [-0.3, -0.25) is 9.89 Å². The molecule has 1 aromatic carbocycles. The van der Waals surface area contributed by atoms with Crippen LogP contribution >= 0.6 is 0 Å². The highest BCUT2D eigenvalue weighted by molar-refractivity contribution is 5.92. The van der Waals surface area contributed by atoms with E-state index in [4.69, 9.17) is 9.26 Å². The Bertz CT molecular complexity index is 873. The minimum absolute atomic E-state index is 0.177. The van der Waals surface area contributed by atoms with Crippen LogP contribution in [0.4, 0.5) is 0 Å². The van der Waals surface area contributed by atoms with E-state index >= 15 is 0 Å². The van der Waals surface area contributed by atoms with Crippen molar-refractivity contribution < 1.29 is 14.1 Å². The first-order valence-corrected chi connectivity index (χ1v) is 8.02. The quantitative estimate of drug-likeness (QED) is 0.784. The van der Waals surface area contributed by atoms with Gasteiger partial charge in [0.1, 0.15) is 11.7 Å². The van der Waals surface area contributed by atoms with Crippen LogP contribution in [0, 0.1) is 6.92 Å². The average molecular weight is 339 g/mol. The number of hydrogen-bond donors (Lipinski definition) is 1. The van der Waals surface area contributed by atoms with Gasteiger partial charge in [-0.1, -0.05) is 23.4 Å². The van der Waals surface area contributed by atoms with Crippen molar-refractivity contribution >= 4 is 5.91 Å². The molecule has 4 rings (SSSR count). The molecule has 0 spiro atoms. The van der Waals surface area contributed by atoms with Crippen LogP contribution in [0.25, 0.3) is 11.5 Å². The van der Waals surface area contributed by atoms with Gasteiger partial charge in [-0.25, -0.2) is 0 Å². The Hall–Kier alpha value is -3.00. The number of carbonyl (C=O) groups excluding carboxylic acids is 1. The predicted octanol–water partition coefficient (Wildman–Crippen LogP) is 1.98. The van der Waals surface area contributed by atoms with E-state index in [0.717, 1.165) is 11.3 Å². The third-order valence-electron chi connectivity index (χ3n) is 4.07. The fourth-order valence-electron chi connectivity index (χ4n) is 2.80. The Morgan fingerprint density at radius 1 is 1.32 bits per heavy atom. The van der Waals surface area contributed by atoms with Crippen LogP contribution < -0.4 is 0 Å². The lowest BCUT2D eigenvalue weighted by Gasteiger charge is -2.33. The van der Waals surface area contributed by atoms with Crippen LogP contribution in [-0.4, -0.2) is 50.9 Å². The van der Waals surface area contributed by atoms with Crippen LogP contribution in [0.1, 0.15) is 28.0 Å². The van der Waals surface area contributed by atoms with Gasteiger partial charge >= 0.3 is 0 Å². The van der Waals surface area contributed by atoms with Crippen molar-refractivity contribution in [2.75, 3.05) is 19.8 Å². The maximum absolute atomic E-state index is 12.8. The topological polar surface area (TPSA) is 97.1 Å². The molecule has 1 amide bonds. The third kappa shape index (κ3) is 3.03. The summed E-state index contributed by atoms with van der Waals surface area (Å²) in [6.07, 6.45) is 0. The molecule has 3 heterocycles. The Labute approximate surface area is 143 Å². The molecule has 0 unspecified atom stereocenters. The van der Waals surface area contributed by atoms with Crippen molar-refractivity contribution in [1.82, 2.24) is 25.2 Å². The fraction of sp³-hybridized carbons (Fsp3) is 0.294. The smallest absolute Gasteiger partial charge is 0.275 e. The van der Waals surface area contributed by atoms with Crippen LogP contribution in [-0.2, 0) is 4.74 Å². The molecule has 25 heavy (non-hydrogen) atoms. The zero-order valence-corrected chi connectivity index (χ0v) is 13.7. The van der Waals surface area contributed by atoms with Gasteiger partial charge < -0.3 is 14.2 Å². The van der Waals surface area contributed by atoms with Gasteiger partial charge in [-0.05, 0) is 25.1 Å². The average Bonchev–Trinajstić information content (AvgIpc) is 3.31. The molecule has 1 aliphatic rings. The largest absolute Gasteiger partial charge is 0.377 e. The number of aromatic amines is 1. The second kappa shape index (κ2) is 6.48. The Morgan fingerprint density at radius 3 is 2.92 bits per heavy atom. The van der Waals surface area contributed by atoms with E-state index in [9.17, 15) is 4.79 Å². The minimum Gasteiger partial charge on any atom is -0.377 e. The molecule has 0 radical (unpaired) electrons. The summed E-state index contributed by atoms with van der Waals surface area (Å²) in [5.74, 6) is 0.673. The van der Waals surface area contributed by atoms with E-state index in [-0.39, 0.29) is 5.91 Å². The third-order valence-corrected chi connectivity index (χ3v) is 4.07. The highest BCUT2D eigenvalue weighted by Crippen LogP contribution is 2.26. The Balaban J connectivity index is 1.61. The van der Waals surface area contributed by atoms with Gasteiger partial charge in [0, 0.05) is 17.8 Å². The summed E-state index contributed by atoms with van der Waals surface area (Å²) in [6.45, 7) is 3.09. The van der Waals surface area contributed by atoms with Crippen LogP contribution in [0.15, 0.2) is 40.9 Å². The molecule has 1 saturated heterocycles. The number of rotatable bonds is 3. The van der Waals surface area contributed by atoms with Crippen molar-refractivity contribution in [3.8, 4) is 11.5 Å². The number of benzene rings is 1. The number of hydrogen-bond acceptors (Lipinski definition) is 6. The number of aromatic nitrogens is 4. The molecular weight excluding hydrogens is 322 g/mol. The summed E-state index contributed by atoms with van der Waals surface area (Å²) in [4.78, 5) is 18.9. The Morgan fingerprint density at radius 2 is 2.16 bits per heavy atom. The minimum atomic E-state index is -0.403. The van der Waals surface area contributed by atoms with Gasteiger partial charge in [-0.15, -0.1) is 0 Å². The van der Waals surface area contributed by atoms with Crippen molar-refractivity contribution in [2.24, 2.45) is 0 Å². The zero-order chi connectivity index (χ0) is 17.2. The maximum atomic E-state index is 12.8. The molecule has 3 aromatic rings. The van der Waals surface area contributed by atoms with E-state index in [1.54, 1.807) is 11.0 Å². The number of morpholine rings is 1. The number of nitrogens with one attached hydrogen (secondary N) is 1. The number of H-pyrrole nitrogens is 1. The molecule has 1 fully saturated rings. The van der Waals surface area contributed by atoms with Crippen LogP contribution in [0.2, 0.25) is 0 Å². The molecule has 128 valence electrons. The monoisotopic (exact) mass is 339 g/mol. The van der Waals surface area contributed by atoms with Crippen molar-refractivity contribution in [3.05, 3.63) is 53.6 Å². The normalized spacial score (nSPS) is 17.6. The summed E-state index contributed by atoms with van der Waals surface area (Å²) in [5.41, 5.74) is 2.04. The first-order valence-electron chi connectivity index (χ1n) is 8.02. The summed E-state index contributed by atoms with van der Waals surface area (Å²) < 4.78 is 10.9. The predicted molar refractivity (Wildman–Crippen MR) is 87.7 cm³/mol.